The highest BCUT2D eigenvalue weighted by Gasteiger charge is 2.27. The van der Waals surface area contributed by atoms with Gasteiger partial charge in [0.05, 0.1) is 27.8 Å². The second-order valence-electron chi connectivity index (χ2n) is 9.45. The van der Waals surface area contributed by atoms with Crippen molar-refractivity contribution in [2.45, 2.75) is 44.6 Å². The van der Waals surface area contributed by atoms with E-state index in [2.05, 4.69) is 24.6 Å². The van der Waals surface area contributed by atoms with E-state index in [1.807, 2.05) is 13.0 Å². The number of carbonyl (C=O) groups is 1. The maximum Gasteiger partial charge on any atom is 0.261 e. The van der Waals surface area contributed by atoms with Crippen LogP contribution in [-0.4, -0.2) is 38.6 Å². The molecule has 0 aliphatic carbocycles. The van der Waals surface area contributed by atoms with Crippen LogP contribution in [0.4, 0.5) is 10.8 Å². The first kappa shape index (κ1) is 25.4. The molecule has 1 unspecified atom stereocenters. The van der Waals surface area contributed by atoms with E-state index in [0.29, 0.717) is 29.5 Å². The highest BCUT2D eigenvalue weighted by atomic mass is 32.2. The van der Waals surface area contributed by atoms with Crippen molar-refractivity contribution < 1.29 is 17.9 Å². The predicted molar refractivity (Wildman–Crippen MR) is 148 cm³/mol. The summed E-state index contributed by atoms with van der Waals surface area (Å²) in [5, 5.41) is 0.629. The minimum absolute atomic E-state index is 0.0416. The molecule has 1 fully saturated rings. The molecule has 9 heteroatoms. The van der Waals surface area contributed by atoms with Gasteiger partial charge < -0.3 is 4.74 Å². The quantitative estimate of drug-likeness (QED) is 0.321. The van der Waals surface area contributed by atoms with Crippen LogP contribution in [0.25, 0.3) is 10.2 Å². The molecule has 5 rings (SSSR count). The standard InChI is InChI=1S/C28H29N3O4S2/c1-18-6-12-24(13-7-18)37(33,34)30-22-10-8-21(9-11-22)27(32)31(17-23-5-4-14-35-23)28-29-25-15-19(2)20(3)16-26(25)36-28/h6-13,15-16,23,30H,4-5,14,17H2,1-3H3. The zero-order valence-corrected chi connectivity index (χ0v) is 22.7. The van der Waals surface area contributed by atoms with Crippen molar-refractivity contribution >= 4 is 48.3 Å². The highest BCUT2D eigenvalue weighted by Crippen LogP contribution is 2.32. The molecular formula is C28H29N3O4S2. The summed E-state index contributed by atoms with van der Waals surface area (Å²) >= 11 is 1.49. The molecule has 0 radical (unpaired) electrons. The number of nitrogens with zero attached hydrogens (tertiary/aromatic N) is 2. The number of aromatic nitrogens is 1. The number of nitrogens with one attached hydrogen (secondary N) is 1. The Kier molecular flexibility index (Phi) is 7.02. The molecule has 7 nitrogen and oxygen atoms in total. The van der Waals surface area contributed by atoms with Gasteiger partial charge in [0.2, 0.25) is 0 Å². The van der Waals surface area contributed by atoms with Crippen LogP contribution in [0.15, 0.2) is 65.6 Å². The number of benzene rings is 3. The summed E-state index contributed by atoms with van der Waals surface area (Å²) in [6, 6.07) is 17.3. The van der Waals surface area contributed by atoms with Crippen LogP contribution < -0.4 is 9.62 Å². The summed E-state index contributed by atoms with van der Waals surface area (Å²) in [4.78, 5) is 20.4. The van der Waals surface area contributed by atoms with E-state index in [-0.39, 0.29) is 16.9 Å². The number of fused-ring (bicyclic) bond motifs is 1. The number of hydrogen-bond donors (Lipinski definition) is 1. The molecule has 1 aromatic heterocycles. The molecule has 37 heavy (non-hydrogen) atoms. The van der Waals surface area contributed by atoms with Gasteiger partial charge in [-0.25, -0.2) is 13.4 Å². The number of carbonyl (C=O) groups excluding carboxylic acids is 1. The van der Waals surface area contributed by atoms with Gasteiger partial charge in [0.25, 0.3) is 15.9 Å². The zero-order valence-electron chi connectivity index (χ0n) is 21.0. The lowest BCUT2D eigenvalue weighted by molar-refractivity contribution is 0.0917. The van der Waals surface area contributed by atoms with Crippen molar-refractivity contribution in [1.82, 2.24) is 4.98 Å². The average molecular weight is 536 g/mol. The zero-order chi connectivity index (χ0) is 26.2. The molecular weight excluding hydrogens is 506 g/mol. The maximum atomic E-state index is 13.7. The van der Waals surface area contributed by atoms with Gasteiger partial charge in [-0.3, -0.25) is 14.4 Å². The fraction of sp³-hybridized carbons (Fsp3) is 0.286. The monoisotopic (exact) mass is 535 g/mol. The number of sulfonamides is 1. The summed E-state index contributed by atoms with van der Waals surface area (Å²) < 4.78 is 34.9. The van der Waals surface area contributed by atoms with E-state index < -0.39 is 10.0 Å². The molecule has 0 spiro atoms. The first-order valence-electron chi connectivity index (χ1n) is 12.2. The van der Waals surface area contributed by atoms with E-state index in [9.17, 15) is 13.2 Å². The average Bonchev–Trinajstić information content (AvgIpc) is 3.53. The van der Waals surface area contributed by atoms with Crippen LogP contribution in [0, 0.1) is 20.8 Å². The molecule has 0 bridgehead atoms. The first-order valence-corrected chi connectivity index (χ1v) is 14.5. The Bertz CT molecular complexity index is 1500. The van der Waals surface area contributed by atoms with E-state index in [4.69, 9.17) is 9.72 Å². The number of rotatable bonds is 7. The molecule has 1 atom stereocenters. The lowest BCUT2D eigenvalue weighted by Crippen LogP contribution is -2.37. The molecule has 1 N–H and O–H groups in total. The van der Waals surface area contributed by atoms with Crippen LogP contribution in [0.5, 0.6) is 0 Å². The summed E-state index contributed by atoms with van der Waals surface area (Å²) in [6.07, 6.45) is 1.83. The fourth-order valence-electron chi connectivity index (χ4n) is 4.29. The summed E-state index contributed by atoms with van der Waals surface area (Å²) in [7, 11) is -3.73. The lowest BCUT2D eigenvalue weighted by Gasteiger charge is -2.23. The van der Waals surface area contributed by atoms with E-state index >= 15 is 0 Å². The number of amides is 1. The Hall–Kier alpha value is -3.27. The number of aryl methyl sites for hydroxylation is 3. The van der Waals surface area contributed by atoms with Crippen LogP contribution in [0.1, 0.15) is 39.9 Å². The van der Waals surface area contributed by atoms with Gasteiger partial charge >= 0.3 is 0 Å². The van der Waals surface area contributed by atoms with Crippen molar-refractivity contribution in [2.75, 3.05) is 22.8 Å². The van der Waals surface area contributed by atoms with Gasteiger partial charge in [0.1, 0.15) is 0 Å². The maximum absolute atomic E-state index is 13.7. The molecule has 0 saturated carbocycles. The smallest absolute Gasteiger partial charge is 0.261 e. The molecule has 2 heterocycles. The first-order chi connectivity index (χ1) is 17.7. The van der Waals surface area contributed by atoms with Crippen molar-refractivity contribution in [3.05, 3.63) is 82.9 Å². The van der Waals surface area contributed by atoms with Crippen molar-refractivity contribution in [2.24, 2.45) is 0 Å². The van der Waals surface area contributed by atoms with E-state index in [1.54, 1.807) is 53.4 Å². The molecule has 1 saturated heterocycles. The second-order valence-corrected chi connectivity index (χ2v) is 12.1. The number of ether oxygens (including phenoxy) is 1. The molecule has 4 aromatic rings. The predicted octanol–water partition coefficient (Wildman–Crippen LogP) is 5.85. The Morgan fingerprint density at radius 2 is 1.76 bits per heavy atom. The molecule has 3 aromatic carbocycles. The van der Waals surface area contributed by atoms with Crippen molar-refractivity contribution in [1.29, 1.82) is 0 Å². The van der Waals surface area contributed by atoms with Gasteiger partial charge in [0.15, 0.2) is 5.13 Å². The molecule has 192 valence electrons. The van der Waals surface area contributed by atoms with Gasteiger partial charge in [-0.1, -0.05) is 29.0 Å². The Balaban J connectivity index is 1.40. The van der Waals surface area contributed by atoms with Crippen molar-refractivity contribution in [3.63, 3.8) is 0 Å². The lowest BCUT2D eigenvalue weighted by atomic mass is 10.1. The van der Waals surface area contributed by atoms with Gasteiger partial charge in [-0.05, 0) is 93.3 Å². The molecule has 1 amide bonds. The van der Waals surface area contributed by atoms with Crippen LogP contribution >= 0.6 is 11.3 Å². The molecule has 1 aliphatic heterocycles. The summed E-state index contributed by atoms with van der Waals surface area (Å²) in [5.41, 5.74) is 5.02. The van der Waals surface area contributed by atoms with Crippen LogP contribution in [0.3, 0.4) is 0 Å². The van der Waals surface area contributed by atoms with Crippen LogP contribution in [-0.2, 0) is 14.8 Å². The number of anilines is 2. The Morgan fingerprint density at radius 1 is 1.05 bits per heavy atom. The number of hydrogen-bond acceptors (Lipinski definition) is 6. The van der Waals surface area contributed by atoms with E-state index in [0.717, 1.165) is 34.2 Å². The Morgan fingerprint density at radius 3 is 2.43 bits per heavy atom. The Labute approximate surface area is 221 Å². The van der Waals surface area contributed by atoms with Crippen molar-refractivity contribution in [3.8, 4) is 0 Å². The van der Waals surface area contributed by atoms with Gasteiger partial charge in [-0.2, -0.15) is 0 Å². The van der Waals surface area contributed by atoms with Gasteiger partial charge in [-0.15, -0.1) is 0 Å². The number of thiazole rings is 1. The second kappa shape index (κ2) is 10.2. The minimum atomic E-state index is -3.73. The largest absolute Gasteiger partial charge is 0.376 e. The minimum Gasteiger partial charge on any atom is -0.376 e. The third-order valence-corrected chi connectivity index (χ3v) is 9.03. The normalized spacial score (nSPS) is 15.7. The highest BCUT2D eigenvalue weighted by molar-refractivity contribution is 7.92. The van der Waals surface area contributed by atoms with Gasteiger partial charge in [0, 0.05) is 17.9 Å². The van der Waals surface area contributed by atoms with Crippen LogP contribution in [0.2, 0.25) is 0 Å². The summed E-state index contributed by atoms with van der Waals surface area (Å²) in [6.45, 7) is 7.13. The third-order valence-electron chi connectivity index (χ3n) is 6.59. The third kappa shape index (κ3) is 5.53. The topological polar surface area (TPSA) is 88.6 Å². The SMILES string of the molecule is Cc1ccc(S(=O)(=O)Nc2ccc(C(=O)N(CC3CCCO3)c3nc4cc(C)c(C)cc4s3)cc2)cc1. The molecule has 1 aliphatic rings. The van der Waals surface area contributed by atoms with E-state index in [1.165, 1.54) is 16.9 Å². The fourth-order valence-corrected chi connectivity index (χ4v) is 6.40. The summed E-state index contributed by atoms with van der Waals surface area (Å²) in [5.74, 6) is -0.198.